The highest BCUT2D eigenvalue weighted by atomic mass is 15.1. The molecule has 0 aliphatic carbocycles. The highest BCUT2D eigenvalue weighted by Crippen LogP contribution is 2.05. The van der Waals surface area contributed by atoms with Gasteiger partial charge in [0.1, 0.15) is 0 Å². The Morgan fingerprint density at radius 2 is 1.72 bits per heavy atom. The molecule has 0 unspecified atom stereocenters. The van der Waals surface area contributed by atoms with Crippen molar-refractivity contribution in [2.24, 2.45) is 0 Å². The van der Waals surface area contributed by atoms with Gasteiger partial charge in [-0.15, -0.1) is 0 Å². The summed E-state index contributed by atoms with van der Waals surface area (Å²) >= 11 is 0. The molecule has 0 bridgehead atoms. The lowest BCUT2D eigenvalue weighted by molar-refractivity contribution is 0.267. The number of unbranched alkanes of at least 4 members (excludes halogenated alkanes) is 2. The van der Waals surface area contributed by atoms with Crippen LogP contribution >= 0.6 is 0 Å². The second-order valence-corrected chi connectivity index (χ2v) is 4.88. The largest absolute Gasteiger partial charge is 0.397 e. The second kappa shape index (κ2) is 8.92. The molecule has 1 heterocycles. The molecule has 0 fully saturated rings. The number of anilines is 1. The first-order valence-corrected chi connectivity index (χ1v) is 7.19. The van der Waals surface area contributed by atoms with Crippen molar-refractivity contribution in [1.29, 1.82) is 0 Å². The number of pyridine rings is 1. The van der Waals surface area contributed by atoms with Gasteiger partial charge in [0.15, 0.2) is 0 Å². The Labute approximate surface area is 111 Å². The van der Waals surface area contributed by atoms with Crippen molar-refractivity contribution in [2.45, 2.75) is 46.0 Å². The smallest absolute Gasteiger partial charge is 0.0501 e. The lowest BCUT2D eigenvalue weighted by Gasteiger charge is -2.21. The number of nitrogen functional groups attached to an aromatic ring is 1. The van der Waals surface area contributed by atoms with Gasteiger partial charge in [-0.05, 0) is 38.1 Å². The number of nitrogens with two attached hydrogens (primary N) is 1. The lowest BCUT2D eigenvalue weighted by atomic mass is 10.2. The SMILES string of the molecule is CCCCN(CCCC)CCc1ccc(N)cn1. The maximum atomic E-state index is 5.64. The molecular formula is C15H27N3. The summed E-state index contributed by atoms with van der Waals surface area (Å²) in [5.41, 5.74) is 7.53. The molecule has 3 heteroatoms. The molecule has 0 radical (unpaired) electrons. The maximum Gasteiger partial charge on any atom is 0.0501 e. The summed E-state index contributed by atoms with van der Waals surface area (Å²) in [6, 6.07) is 3.97. The molecule has 1 aromatic rings. The van der Waals surface area contributed by atoms with Crippen LogP contribution in [0, 0.1) is 0 Å². The zero-order valence-corrected chi connectivity index (χ0v) is 11.9. The van der Waals surface area contributed by atoms with Crippen LogP contribution < -0.4 is 5.73 Å². The number of aromatic nitrogens is 1. The van der Waals surface area contributed by atoms with Crippen LogP contribution in [0.3, 0.4) is 0 Å². The van der Waals surface area contributed by atoms with Crippen LogP contribution in [0.4, 0.5) is 5.69 Å². The van der Waals surface area contributed by atoms with E-state index in [1.807, 2.05) is 12.1 Å². The fourth-order valence-corrected chi connectivity index (χ4v) is 1.96. The Morgan fingerprint density at radius 3 is 2.22 bits per heavy atom. The van der Waals surface area contributed by atoms with E-state index in [1.165, 1.54) is 38.8 Å². The number of nitrogens with zero attached hydrogens (tertiary/aromatic N) is 2. The van der Waals surface area contributed by atoms with E-state index in [0.717, 1.165) is 24.3 Å². The van der Waals surface area contributed by atoms with E-state index in [-0.39, 0.29) is 0 Å². The Morgan fingerprint density at radius 1 is 1.06 bits per heavy atom. The molecule has 102 valence electrons. The Bertz CT molecular complexity index is 300. The van der Waals surface area contributed by atoms with Crippen molar-refractivity contribution in [3.8, 4) is 0 Å². The van der Waals surface area contributed by atoms with Gasteiger partial charge in [-0.3, -0.25) is 4.98 Å². The molecule has 0 aliphatic rings. The maximum absolute atomic E-state index is 5.64. The summed E-state index contributed by atoms with van der Waals surface area (Å²) in [4.78, 5) is 6.92. The van der Waals surface area contributed by atoms with E-state index in [1.54, 1.807) is 6.20 Å². The van der Waals surface area contributed by atoms with E-state index in [4.69, 9.17) is 5.73 Å². The molecule has 0 amide bonds. The molecule has 18 heavy (non-hydrogen) atoms. The first-order chi connectivity index (χ1) is 8.76. The van der Waals surface area contributed by atoms with Crippen LogP contribution in [-0.4, -0.2) is 29.5 Å². The molecule has 0 saturated heterocycles. The van der Waals surface area contributed by atoms with Crippen molar-refractivity contribution in [1.82, 2.24) is 9.88 Å². The van der Waals surface area contributed by atoms with Crippen LogP contribution in [-0.2, 0) is 6.42 Å². The van der Waals surface area contributed by atoms with E-state index in [9.17, 15) is 0 Å². The standard InChI is InChI=1S/C15H27N3/c1-3-5-10-18(11-6-4-2)12-9-15-8-7-14(16)13-17-15/h7-8,13H,3-6,9-12,16H2,1-2H3. The molecule has 0 atom stereocenters. The minimum atomic E-state index is 0.743. The monoisotopic (exact) mass is 249 g/mol. The predicted octanol–water partition coefficient (Wildman–Crippen LogP) is 3.11. The third kappa shape index (κ3) is 6.01. The van der Waals surface area contributed by atoms with Gasteiger partial charge in [-0.2, -0.15) is 0 Å². The second-order valence-electron chi connectivity index (χ2n) is 4.88. The highest BCUT2D eigenvalue weighted by Gasteiger charge is 2.04. The van der Waals surface area contributed by atoms with Crippen molar-refractivity contribution in [2.75, 3.05) is 25.4 Å². The van der Waals surface area contributed by atoms with Crippen molar-refractivity contribution >= 4 is 5.69 Å². The predicted molar refractivity (Wildman–Crippen MR) is 78.6 cm³/mol. The van der Waals surface area contributed by atoms with Gasteiger partial charge < -0.3 is 10.6 Å². The van der Waals surface area contributed by atoms with Crippen LogP contribution in [0.1, 0.15) is 45.2 Å². The average Bonchev–Trinajstić information content (AvgIpc) is 2.40. The quantitative estimate of drug-likeness (QED) is 0.731. The van der Waals surface area contributed by atoms with Crippen LogP contribution in [0.2, 0.25) is 0 Å². The number of hydrogen-bond acceptors (Lipinski definition) is 3. The fraction of sp³-hybridized carbons (Fsp3) is 0.667. The zero-order chi connectivity index (χ0) is 13.2. The summed E-state index contributed by atoms with van der Waals surface area (Å²) < 4.78 is 0. The fourth-order valence-electron chi connectivity index (χ4n) is 1.96. The first kappa shape index (κ1) is 15.0. The molecular weight excluding hydrogens is 222 g/mol. The van der Waals surface area contributed by atoms with Crippen molar-refractivity contribution in [3.63, 3.8) is 0 Å². The van der Waals surface area contributed by atoms with Crippen molar-refractivity contribution < 1.29 is 0 Å². The molecule has 0 saturated carbocycles. The van der Waals surface area contributed by atoms with Crippen LogP contribution in [0.25, 0.3) is 0 Å². The van der Waals surface area contributed by atoms with Gasteiger partial charge in [0, 0.05) is 18.7 Å². The Hall–Kier alpha value is -1.09. The third-order valence-electron chi connectivity index (χ3n) is 3.19. The van der Waals surface area contributed by atoms with E-state index in [2.05, 4.69) is 23.7 Å². The Kier molecular flexibility index (Phi) is 7.42. The molecule has 0 spiro atoms. The van der Waals surface area contributed by atoms with Gasteiger partial charge in [-0.1, -0.05) is 26.7 Å². The van der Waals surface area contributed by atoms with Gasteiger partial charge in [0.2, 0.25) is 0 Å². The molecule has 3 nitrogen and oxygen atoms in total. The lowest BCUT2D eigenvalue weighted by Crippen LogP contribution is -2.28. The first-order valence-electron chi connectivity index (χ1n) is 7.19. The van der Waals surface area contributed by atoms with E-state index >= 15 is 0 Å². The van der Waals surface area contributed by atoms with Gasteiger partial charge in [0.05, 0.1) is 11.9 Å². The molecule has 1 aromatic heterocycles. The normalized spacial score (nSPS) is 11.1. The van der Waals surface area contributed by atoms with Gasteiger partial charge in [0.25, 0.3) is 0 Å². The Balaban J connectivity index is 2.37. The molecule has 0 aromatic carbocycles. The van der Waals surface area contributed by atoms with Crippen LogP contribution in [0.5, 0.6) is 0 Å². The zero-order valence-electron chi connectivity index (χ0n) is 11.9. The summed E-state index contributed by atoms with van der Waals surface area (Å²) in [6.07, 6.45) is 7.88. The molecule has 0 aliphatic heterocycles. The summed E-state index contributed by atoms with van der Waals surface area (Å²) in [7, 11) is 0. The number of rotatable bonds is 9. The van der Waals surface area contributed by atoms with Crippen LogP contribution in [0.15, 0.2) is 18.3 Å². The summed E-state index contributed by atoms with van der Waals surface area (Å²) in [5.74, 6) is 0. The highest BCUT2D eigenvalue weighted by molar-refractivity contribution is 5.34. The third-order valence-corrected chi connectivity index (χ3v) is 3.19. The molecule has 2 N–H and O–H groups in total. The van der Waals surface area contributed by atoms with Gasteiger partial charge in [-0.25, -0.2) is 0 Å². The average molecular weight is 249 g/mol. The summed E-state index contributed by atoms with van der Waals surface area (Å²) in [5, 5.41) is 0. The minimum Gasteiger partial charge on any atom is -0.397 e. The number of hydrogen-bond donors (Lipinski definition) is 1. The van der Waals surface area contributed by atoms with E-state index < -0.39 is 0 Å². The van der Waals surface area contributed by atoms with E-state index in [0.29, 0.717) is 0 Å². The minimum absolute atomic E-state index is 0.743. The molecule has 1 rings (SSSR count). The van der Waals surface area contributed by atoms with Crippen molar-refractivity contribution in [3.05, 3.63) is 24.0 Å². The topological polar surface area (TPSA) is 42.1 Å². The summed E-state index contributed by atoms with van der Waals surface area (Å²) in [6.45, 7) is 8.03. The van der Waals surface area contributed by atoms with Gasteiger partial charge >= 0.3 is 0 Å².